The second-order valence-corrected chi connectivity index (χ2v) is 5.28. The molecule has 1 unspecified atom stereocenters. The number of aliphatic carboxylic acids is 1. The first-order chi connectivity index (χ1) is 8.58. The van der Waals surface area contributed by atoms with Gasteiger partial charge in [-0.1, -0.05) is 22.0 Å². The van der Waals surface area contributed by atoms with Crippen LogP contribution in [0.5, 0.6) is 5.75 Å². The van der Waals surface area contributed by atoms with E-state index in [-0.39, 0.29) is 0 Å². The minimum absolute atomic E-state index is 0.640. The van der Waals surface area contributed by atoms with Crippen molar-refractivity contribution in [2.24, 2.45) is 0 Å². The zero-order valence-corrected chi connectivity index (χ0v) is 11.7. The SMILES string of the molecule is CC(Oc1ccc(Br)cc1C1=CCCC1)C(=O)O. The Bertz CT molecular complexity index is 494. The van der Waals surface area contributed by atoms with E-state index in [1.54, 1.807) is 0 Å². The number of halogens is 1. The van der Waals surface area contributed by atoms with Gasteiger partial charge >= 0.3 is 5.97 Å². The van der Waals surface area contributed by atoms with E-state index in [9.17, 15) is 4.79 Å². The van der Waals surface area contributed by atoms with Crippen LogP contribution in [-0.2, 0) is 4.79 Å². The van der Waals surface area contributed by atoms with E-state index in [0.717, 1.165) is 29.3 Å². The average Bonchev–Trinajstić information content (AvgIpc) is 2.84. The van der Waals surface area contributed by atoms with Crippen LogP contribution < -0.4 is 4.74 Å². The number of rotatable bonds is 4. The molecule has 3 nitrogen and oxygen atoms in total. The van der Waals surface area contributed by atoms with E-state index in [1.165, 1.54) is 12.5 Å². The molecule has 96 valence electrons. The number of carbonyl (C=O) groups is 1. The normalized spacial score (nSPS) is 16.2. The van der Waals surface area contributed by atoms with Crippen LogP contribution in [0.3, 0.4) is 0 Å². The summed E-state index contributed by atoms with van der Waals surface area (Å²) in [6, 6.07) is 5.67. The standard InChI is InChI=1S/C14H15BrO3/c1-9(14(16)17)18-13-7-6-11(15)8-12(13)10-4-2-3-5-10/h4,6-9H,2-3,5H2,1H3,(H,16,17). The zero-order chi connectivity index (χ0) is 13.1. The van der Waals surface area contributed by atoms with Crippen molar-refractivity contribution in [3.63, 3.8) is 0 Å². The van der Waals surface area contributed by atoms with Gasteiger partial charge in [-0.25, -0.2) is 4.79 Å². The Balaban J connectivity index is 2.31. The van der Waals surface area contributed by atoms with Crippen molar-refractivity contribution in [2.75, 3.05) is 0 Å². The molecule has 1 N–H and O–H groups in total. The lowest BCUT2D eigenvalue weighted by molar-refractivity contribution is -0.144. The molecule has 1 atom stereocenters. The maximum Gasteiger partial charge on any atom is 0.344 e. The summed E-state index contributed by atoms with van der Waals surface area (Å²) in [7, 11) is 0. The fourth-order valence-corrected chi connectivity index (χ4v) is 2.37. The van der Waals surface area contributed by atoms with Crippen LogP contribution in [0.2, 0.25) is 0 Å². The van der Waals surface area contributed by atoms with Gasteiger partial charge in [0.2, 0.25) is 0 Å². The van der Waals surface area contributed by atoms with E-state index < -0.39 is 12.1 Å². The van der Waals surface area contributed by atoms with Crippen LogP contribution in [0, 0.1) is 0 Å². The number of allylic oxidation sites excluding steroid dienone is 2. The third-order valence-corrected chi connectivity index (χ3v) is 3.47. The predicted molar refractivity (Wildman–Crippen MR) is 73.7 cm³/mol. The third-order valence-electron chi connectivity index (χ3n) is 2.98. The molecular weight excluding hydrogens is 296 g/mol. The topological polar surface area (TPSA) is 46.5 Å². The Morgan fingerprint density at radius 2 is 2.28 bits per heavy atom. The molecule has 18 heavy (non-hydrogen) atoms. The molecular formula is C14H15BrO3. The monoisotopic (exact) mass is 310 g/mol. The van der Waals surface area contributed by atoms with Gasteiger partial charge in [0, 0.05) is 10.0 Å². The fourth-order valence-electron chi connectivity index (χ4n) is 2.01. The van der Waals surface area contributed by atoms with Crippen molar-refractivity contribution in [2.45, 2.75) is 32.3 Å². The molecule has 0 aliphatic heterocycles. The third kappa shape index (κ3) is 2.93. The van der Waals surface area contributed by atoms with E-state index in [1.807, 2.05) is 18.2 Å². The lowest BCUT2D eigenvalue weighted by Crippen LogP contribution is -2.23. The minimum Gasteiger partial charge on any atom is -0.479 e. The highest BCUT2D eigenvalue weighted by atomic mass is 79.9. The highest BCUT2D eigenvalue weighted by Crippen LogP contribution is 2.35. The highest BCUT2D eigenvalue weighted by Gasteiger charge is 2.18. The molecule has 0 radical (unpaired) electrons. The van der Waals surface area contributed by atoms with Gasteiger partial charge in [-0.05, 0) is 50.0 Å². The second kappa shape index (κ2) is 5.57. The van der Waals surface area contributed by atoms with Crippen molar-refractivity contribution in [3.05, 3.63) is 34.3 Å². The van der Waals surface area contributed by atoms with Crippen molar-refractivity contribution in [1.29, 1.82) is 0 Å². The lowest BCUT2D eigenvalue weighted by atomic mass is 10.0. The fraction of sp³-hybridized carbons (Fsp3) is 0.357. The molecule has 0 saturated carbocycles. The zero-order valence-electron chi connectivity index (χ0n) is 10.1. The number of carboxylic acid groups (broad SMARTS) is 1. The average molecular weight is 311 g/mol. The van der Waals surface area contributed by atoms with Crippen LogP contribution in [0.4, 0.5) is 0 Å². The summed E-state index contributed by atoms with van der Waals surface area (Å²) in [6.45, 7) is 1.54. The van der Waals surface area contributed by atoms with Crippen molar-refractivity contribution in [3.8, 4) is 5.75 Å². The number of hydrogen-bond donors (Lipinski definition) is 1. The Kier molecular flexibility index (Phi) is 4.07. The molecule has 1 aromatic rings. The molecule has 4 heteroatoms. The molecule has 0 aromatic heterocycles. The van der Waals surface area contributed by atoms with Gasteiger partial charge in [0.1, 0.15) is 5.75 Å². The van der Waals surface area contributed by atoms with Gasteiger partial charge in [-0.15, -0.1) is 0 Å². The summed E-state index contributed by atoms with van der Waals surface area (Å²) in [5.41, 5.74) is 2.24. The maximum absolute atomic E-state index is 10.9. The van der Waals surface area contributed by atoms with Crippen LogP contribution >= 0.6 is 15.9 Å². The maximum atomic E-state index is 10.9. The second-order valence-electron chi connectivity index (χ2n) is 4.36. The highest BCUT2D eigenvalue weighted by molar-refractivity contribution is 9.10. The first-order valence-corrected chi connectivity index (χ1v) is 6.75. The van der Waals surface area contributed by atoms with E-state index in [4.69, 9.17) is 9.84 Å². The Labute approximate surface area is 115 Å². The molecule has 1 aromatic carbocycles. The Morgan fingerprint density at radius 1 is 1.50 bits per heavy atom. The molecule has 0 amide bonds. The van der Waals surface area contributed by atoms with Gasteiger partial charge < -0.3 is 9.84 Å². The van der Waals surface area contributed by atoms with Crippen LogP contribution in [0.25, 0.3) is 5.57 Å². The summed E-state index contributed by atoms with van der Waals surface area (Å²) < 4.78 is 6.49. The Morgan fingerprint density at radius 3 is 2.89 bits per heavy atom. The quantitative estimate of drug-likeness (QED) is 0.918. The summed E-state index contributed by atoms with van der Waals surface area (Å²) >= 11 is 3.44. The predicted octanol–water partition coefficient (Wildman–Crippen LogP) is 3.87. The number of ether oxygens (including phenoxy) is 1. The summed E-state index contributed by atoms with van der Waals surface area (Å²) in [4.78, 5) is 10.9. The van der Waals surface area contributed by atoms with E-state index in [2.05, 4.69) is 22.0 Å². The minimum atomic E-state index is -0.954. The molecule has 0 saturated heterocycles. The van der Waals surface area contributed by atoms with Crippen LogP contribution in [0.1, 0.15) is 31.7 Å². The first kappa shape index (κ1) is 13.1. The van der Waals surface area contributed by atoms with Crippen molar-refractivity contribution in [1.82, 2.24) is 0 Å². The molecule has 0 spiro atoms. The number of hydrogen-bond acceptors (Lipinski definition) is 2. The van der Waals surface area contributed by atoms with Gasteiger partial charge in [0.25, 0.3) is 0 Å². The number of carboxylic acids is 1. The Hall–Kier alpha value is -1.29. The lowest BCUT2D eigenvalue weighted by Gasteiger charge is -2.15. The van der Waals surface area contributed by atoms with Gasteiger partial charge in [0.05, 0.1) is 0 Å². The molecule has 0 fully saturated rings. The molecule has 1 aliphatic rings. The summed E-state index contributed by atoms with van der Waals surface area (Å²) in [5, 5.41) is 8.91. The van der Waals surface area contributed by atoms with E-state index in [0.29, 0.717) is 5.75 Å². The molecule has 1 aliphatic carbocycles. The largest absolute Gasteiger partial charge is 0.479 e. The van der Waals surface area contributed by atoms with Gasteiger partial charge in [-0.2, -0.15) is 0 Å². The van der Waals surface area contributed by atoms with Crippen LogP contribution in [0.15, 0.2) is 28.7 Å². The summed E-state index contributed by atoms with van der Waals surface area (Å²) in [6.07, 6.45) is 4.60. The van der Waals surface area contributed by atoms with Crippen LogP contribution in [-0.4, -0.2) is 17.2 Å². The first-order valence-electron chi connectivity index (χ1n) is 5.96. The van der Waals surface area contributed by atoms with Gasteiger partial charge in [0.15, 0.2) is 6.10 Å². The molecule has 2 rings (SSSR count). The summed E-state index contributed by atoms with van der Waals surface area (Å²) in [5.74, 6) is -0.314. The van der Waals surface area contributed by atoms with Crippen molar-refractivity contribution >= 4 is 27.5 Å². The molecule has 0 bridgehead atoms. The van der Waals surface area contributed by atoms with Gasteiger partial charge in [-0.3, -0.25) is 0 Å². The smallest absolute Gasteiger partial charge is 0.344 e. The van der Waals surface area contributed by atoms with E-state index >= 15 is 0 Å². The molecule has 0 heterocycles. The van der Waals surface area contributed by atoms with Crippen molar-refractivity contribution < 1.29 is 14.6 Å². The number of benzene rings is 1.